The highest BCUT2D eigenvalue weighted by atomic mass is 16.7. The van der Waals surface area contributed by atoms with E-state index in [4.69, 9.17) is 9.57 Å². The van der Waals surface area contributed by atoms with E-state index in [1.165, 1.54) is 7.05 Å². The second-order valence-corrected chi connectivity index (χ2v) is 6.48. The lowest BCUT2D eigenvalue weighted by atomic mass is 10.1. The fourth-order valence-electron chi connectivity index (χ4n) is 2.10. The predicted molar refractivity (Wildman–Crippen MR) is 92.1 cm³/mol. The lowest BCUT2D eigenvalue weighted by molar-refractivity contribution is -0.196. The van der Waals surface area contributed by atoms with Crippen molar-refractivity contribution in [3.05, 3.63) is 35.9 Å². The first-order chi connectivity index (χ1) is 11.8. The summed E-state index contributed by atoms with van der Waals surface area (Å²) in [4.78, 5) is 40.8. The molecular weight excluding hydrogens is 324 g/mol. The molecule has 2 amide bonds. The summed E-state index contributed by atoms with van der Waals surface area (Å²) >= 11 is 0. The van der Waals surface area contributed by atoms with Crippen LogP contribution in [0.3, 0.4) is 0 Å². The third-order valence-corrected chi connectivity index (χ3v) is 3.23. The second-order valence-electron chi connectivity index (χ2n) is 6.48. The monoisotopic (exact) mass is 350 g/mol. The van der Waals surface area contributed by atoms with Gasteiger partial charge in [0.05, 0.1) is 0 Å². The lowest BCUT2D eigenvalue weighted by Crippen LogP contribution is -2.45. The molecule has 0 aromatic heterocycles. The van der Waals surface area contributed by atoms with Crippen molar-refractivity contribution < 1.29 is 24.0 Å². The summed E-state index contributed by atoms with van der Waals surface area (Å²) in [5.41, 5.74) is 0.255. The molecule has 0 spiro atoms. The molecule has 0 aliphatic carbocycles. The van der Waals surface area contributed by atoms with Crippen LogP contribution in [0.4, 0.5) is 0 Å². The first kappa shape index (κ1) is 20.6. The average molecular weight is 350 g/mol. The maximum Gasteiger partial charge on any atom is 0.306 e. The number of benzene rings is 1. The molecule has 0 saturated heterocycles. The van der Waals surface area contributed by atoms with Crippen LogP contribution < -0.4 is 5.32 Å². The van der Waals surface area contributed by atoms with Gasteiger partial charge in [0.1, 0.15) is 18.2 Å². The fourth-order valence-corrected chi connectivity index (χ4v) is 2.10. The van der Waals surface area contributed by atoms with Crippen LogP contribution in [0, 0.1) is 0 Å². The lowest BCUT2D eigenvalue weighted by Gasteiger charge is -2.26. The third-order valence-electron chi connectivity index (χ3n) is 3.23. The molecule has 1 atom stereocenters. The third kappa shape index (κ3) is 7.80. The number of hydrogen-bond donors (Lipinski definition) is 1. The molecule has 0 radical (unpaired) electrons. The van der Waals surface area contributed by atoms with Gasteiger partial charge in [-0.3, -0.25) is 19.2 Å². The summed E-state index contributed by atoms with van der Waals surface area (Å²) in [6.45, 7) is 5.44. The maximum absolute atomic E-state index is 12.1. The first-order valence-corrected chi connectivity index (χ1v) is 8.10. The van der Waals surface area contributed by atoms with E-state index in [0.717, 1.165) is 10.6 Å². The van der Waals surface area contributed by atoms with Crippen molar-refractivity contribution in [1.29, 1.82) is 0 Å². The normalized spacial score (nSPS) is 12.2. The Labute approximate surface area is 148 Å². The number of esters is 1. The van der Waals surface area contributed by atoms with E-state index < -0.39 is 23.5 Å². The first-order valence-electron chi connectivity index (χ1n) is 8.10. The van der Waals surface area contributed by atoms with E-state index in [9.17, 15) is 14.4 Å². The molecule has 0 aliphatic heterocycles. The molecule has 1 aromatic rings. The number of ether oxygens (including phenoxy) is 1. The molecule has 1 N–H and O–H groups in total. The molecule has 0 aliphatic rings. The molecule has 0 fully saturated rings. The van der Waals surface area contributed by atoms with Gasteiger partial charge in [0.25, 0.3) is 0 Å². The Balaban J connectivity index is 2.69. The predicted octanol–water partition coefficient (Wildman–Crippen LogP) is 1.81. The molecule has 138 valence electrons. The van der Waals surface area contributed by atoms with Crippen molar-refractivity contribution >= 4 is 18.3 Å². The van der Waals surface area contributed by atoms with Crippen LogP contribution in [-0.2, 0) is 30.6 Å². The number of likely N-dealkylation sites (N-methyl/N-ethyl adjacent to an activating group) is 1. The van der Waals surface area contributed by atoms with Crippen molar-refractivity contribution in [2.24, 2.45) is 0 Å². The number of rotatable bonds is 9. The smallest absolute Gasteiger partial charge is 0.306 e. The SMILES string of the molecule is CNC(=O)[C@H](CCC(=O)OC(C)(C)C)N(C=O)OCc1ccccc1. The van der Waals surface area contributed by atoms with E-state index in [1.807, 2.05) is 30.3 Å². The topological polar surface area (TPSA) is 84.9 Å². The van der Waals surface area contributed by atoms with E-state index in [-0.39, 0.29) is 19.4 Å². The number of hydrogen-bond acceptors (Lipinski definition) is 5. The van der Waals surface area contributed by atoms with Gasteiger partial charge in [0, 0.05) is 13.5 Å². The number of carbonyl (C=O) groups excluding carboxylic acids is 3. The quantitative estimate of drug-likeness (QED) is 0.417. The van der Waals surface area contributed by atoms with Gasteiger partial charge in [0.2, 0.25) is 12.3 Å². The highest BCUT2D eigenvalue weighted by molar-refractivity contribution is 5.83. The highest BCUT2D eigenvalue weighted by Crippen LogP contribution is 2.13. The summed E-state index contributed by atoms with van der Waals surface area (Å²) < 4.78 is 5.23. The Kier molecular flexibility index (Phi) is 8.07. The Morgan fingerprint density at radius 2 is 1.88 bits per heavy atom. The Morgan fingerprint density at radius 3 is 2.40 bits per heavy atom. The highest BCUT2D eigenvalue weighted by Gasteiger charge is 2.27. The van der Waals surface area contributed by atoms with Gasteiger partial charge in [-0.15, -0.1) is 0 Å². The number of nitrogens with zero attached hydrogens (tertiary/aromatic N) is 1. The molecule has 0 unspecified atom stereocenters. The molecule has 25 heavy (non-hydrogen) atoms. The van der Waals surface area contributed by atoms with E-state index >= 15 is 0 Å². The molecule has 7 heteroatoms. The average Bonchev–Trinajstić information content (AvgIpc) is 2.56. The van der Waals surface area contributed by atoms with Gasteiger partial charge < -0.3 is 10.1 Å². The van der Waals surface area contributed by atoms with Crippen LogP contribution in [0.1, 0.15) is 39.2 Å². The van der Waals surface area contributed by atoms with Crippen molar-refractivity contribution in [1.82, 2.24) is 10.4 Å². The van der Waals surface area contributed by atoms with Gasteiger partial charge in [0.15, 0.2) is 0 Å². The summed E-state index contributed by atoms with van der Waals surface area (Å²) in [6.07, 6.45) is 0.536. The summed E-state index contributed by atoms with van der Waals surface area (Å²) in [6, 6.07) is 8.34. The standard InChI is InChI=1S/C18H26N2O5/c1-18(2,3)25-16(22)11-10-15(17(23)19-4)20(13-21)24-12-14-8-6-5-7-9-14/h5-9,13,15H,10-12H2,1-4H3,(H,19,23)/t15-/m0/s1. The maximum atomic E-state index is 12.1. The van der Waals surface area contributed by atoms with Crippen LogP contribution in [0.2, 0.25) is 0 Å². The van der Waals surface area contributed by atoms with Gasteiger partial charge >= 0.3 is 5.97 Å². The molecule has 7 nitrogen and oxygen atoms in total. The number of nitrogens with one attached hydrogen (secondary N) is 1. The van der Waals surface area contributed by atoms with Crippen molar-refractivity contribution in [3.63, 3.8) is 0 Å². The zero-order chi connectivity index (χ0) is 18.9. The Morgan fingerprint density at radius 1 is 1.24 bits per heavy atom. The number of hydroxylamine groups is 2. The molecule has 0 saturated carbocycles. The largest absolute Gasteiger partial charge is 0.460 e. The molecule has 1 aromatic carbocycles. The van der Waals surface area contributed by atoms with Gasteiger partial charge in [-0.05, 0) is 32.8 Å². The minimum Gasteiger partial charge on any atom is -0.460 e. The summed E-state index contributed by atoms with van der Waals surface area (Å²) in [7, 11) is 1.46. The molecule has 1 rings (SSSR count). The molecule has 0 bridgehead atoms. The van der Waals surface area contributed by atoms with E-state index in [0.29, 0.717) is 6.41 Å². The van der Waals surface area contributed by atoms with Gasteiger partial charge in [-0.25, -0.2) is 5.06 Å². The van der Waals surface area contributed by atoms with Crippen LogP contribution in [0.15, 0.2) is 30.3 Å². The van der Waals surface area contributed by atoms with Crippen LogP contribution in [0.25, 0.3) is 0 Å². The number of amides is 2. The van der Waals surface area contributed by atoms with Gasteiger partial charge in [-0.2, -0.15) is 0 Å². The van der Waals surface area contributed by atoms with Crippen molar-refractivity contribution in [2.45, 2.75) is 51.9 Å². The Bertz CT molecular complexity index is 569. The molecule has 0 heterocycles. The van der Waals surface area contributed by atoms with Crippen LogP contribution in [0.5, 0.6) is 0 Å². The van der Waals surface area contributed by atoms with Crippen LogP contribution in [-0.4, -0.2) is 42.0 Å². The zero-order valence-electron chi connectivity index (χ0n) is 15.2. The van der Waals surface area contributed by atoms with Crippen LogP contribution >= 0.6 is 0 Å². The molecular formula is C18H26N2O5. The Hall–Kier alpha value is -2.41. The minimum atomic E-state index is -0.918. The second kappa shape index (κ2) is 9.78. The van der Waals surface area contributed by atoms with Crippen molar-refractivity contribution in [2.75, 3.05) is 7.05 Å². The van der Waals surface area contributed by atoms with Gasteiger partial charge in [-0.1, -0.05) is 30.3 Å². The summed E-state index contributed by atoms with van der Waals surface area (Å²) in [5, 5.41) is 3.42. The zero-order valence-corrected chi connectivity index (χ0v) is 15.2. The van der Waals surface area contributed by atoms with Crippen molar-refractivity contribution in [3.8, 4) is 0 Å². The number of carbonyl (C=O) groups is 3. The van der Waals surface area contributed by atoms with E-state index in [1.54, 1.807) is 20.8 Å². The fraction of sp³-hybridized carbons (Fsp3) is 0.500. The minimum absolute atomic E-state index is 0.00556. The van der Waals surface area contributed by atoms with E-state index in [2.05, 4.69) is 5.32 Å². The summed E-state index contributed by atoms with van der Waals surface area (Å²) in [5.74, 6) is -0.848.